The number of hydrogen-bond acceptors (Lipinski definition) is 4. The quantitative estimate of drug-likeness (QED) is 0.837. The predicted molar refractivity (Wildman–Crippen MR) is 93.6 cm³/mol. The summed E-state index contributed by atoms with van der Waals surface area (Å²) in [5, 5.41) is 4.28. The van der Waals surface area contributed by atoms with Gasteiger partial charge in [-0.1, -0.05) is 23.8 Å². The second kappa shape index (κ2) is 7.56. The van der Waals surface area contributed by atoms with Gasteiger partial charge in [0.25, 0.3) is 0 Å². The molecule has 0 spiro atoms. The zero-order chi connectivity index (χ0) is 16.2. The van der Waals surface area contributed by atoms with Crippen LogP contribution >= 0.6 is 11.6 Å². The molecule has 0 saturated carbocycles. The normalized spacial score (nSPS) is 18.9. The van der Waals surface area contributed by atoms with Gasteiger partial charge in [0.2, 0.25) is 0 Å². The minimum absolute atomic E-state index is 0.559. The molecule has 0 radical (unpaired) electrons. The Labute approximate surface area is 143 Å². The van der Waals surface area contributed by atoms with Crippen LogP contribution in [0.3, 0.4) is 0 Å². The first-order chi connectivity index (χ1) is 11.1. The molecule has 126 valence electrons. The second-order valence-corrected chi connectivity index (χ2v) is 6.90. The van der Waals surface area contributed by atoms with E-state index in [1.54, 1.807) is 0 Å². The molecule has 1 aromatic rings. The Morgan fingerprint density at radius 2 is 2.04 bits per heavy atom. The molecular weight excluding hydrogens is 312 g/mol. The smallest absolute Gasteiger partial charge is 0.179 e. The number of ether oxygens (including phenoxy) is 2. The summed E-state index contributed by atoms with van der Waals surface area (Å²) in [6.45, 7) is 11.3. The summed E-state index contributed by atoms with van der Waals surface area (Å²) in [4.78, 5) is 2.47. The van der Waals surface area contributed by atoms with Crippen LogP contribution in [0.1, 0.15) is 25.3 Å². The predicted octanol–water partition coefficient (Wildman–Crippen LogP) is 3.24. The molecule has 0 amide bonds. The molecule has 3 rings (SSSR count). The lowest BCUT2D eigenvalue weighted by Gasteiger charge is -2.32. The van der Waals surface area contributed by atoms with Crippen molar-refractivity contribution in [3.8, 4) is 11.5 Å². The number of piperidine rings is 1. The summed E-state index contributed by atoms with van der Waals surface area (Å²) in [6.07, 6.45) is 2.34. The number of nitrogens with zero attached hydrogens (tertiary/aromatic N) is 1. The molecular formula is C18H25ClN2O2. The molecule has 1 N–H and O–H groups in total. The van der Waals surface area contributed by atoms with Crippen molar-refractivity contribution in [2.45, 2.75) is 32.4 Å². The van der Waals surface area contributed by atoms with Gasteiger partial charge in [0.1, 0.15) is 13.2 Å². The first-order valence-corrected chi connectivity index (χ1v) is 8.68. The van der Waals surface area contributed by atoms with E-state index in [0.29, 0.717) is 30.0 Å². The molecule has 1 fully saturated rings. The summed E-state index contributed by atoms with van der Waals surface area (Å²) in [5.41, 5.74) is 2.38. The van der Waals surface area contributed by atoms with Crippen molar-refractivity contribution >= 4 is 11.6 Å². The van der Waals surface area contributed by atoms with E-state index in [2.05, 4.69) is 23.7 Å². The first kappa shape index (κ1) is 16.6. The van der Waals surface area contributed by atoms with E-state index < -0.39 is 0 Å². The first-order valence-electron chi connectivity index (χ1n) is 8.30. The van der Waals surface area contributed by atoms with Gasteiger partial charge in [-0.3, -0.25) is 4.90 Å². The van der Waals surface area contributed by atoms with Gasteiger partial charge in [-0.2, -0.15) is 0 Å². The third-order valence-electron chi connectivity index (χ3n) is 4.33. The number of halogens is 1. The Kier molecular flexibility index (Phi) is 5.46. The topological polar surface area (TPSA) is 33.7 Å². The van der Waals surface area contributed by atoms with Gasteiger partial charge >= 0.3 is 0 Å². The lowest BCUT2D eigenvalue weighted by molar-refractivity contribution is 0.171. The lowest BCUT2D eigenvalue weighted by atomic mass is 10.0. The van der Waals surface area contributed by atoms with E-state index in [9.17, 15) is 0 Å². The molecule has 0 atom stereocenters. The Bertz CT molecular complexity index is 568. The summed E-state index contributed by atoms with van der Waals surface area (Å²) in [6, 6.07) is 4.56. The highest BCUT2D eigenvalue weighted by atomic mass is 35.5. The van der Waals surface area contributed by atoms with Gasteiger partial charge in [-0.15, -0.1) is 0 Å². The van der Waals surface area contributed by atoms with Gasteiger partial charge in [0.15, 0.2) is 11.5 Å². The van der Waals surface area contributed by atoms with Crippen LogP contribution < -0.4 is 14.8 Å². The summed E-state index contributed by atoms with van der Waals surface area (Å²) in [7, 11) is 0. The molecule has 2 heterocycles. The van der Waals surface area contributed by atoms with Crippen molar-refractivity contribution in [3.05, 3.63) is 34.9 Å². The Hall–Kier alpha value is -1.23. The number of nitrogens with one attached hydrogen (secondary N) is 1. The van der Waals surface area contributed by atoms with Crippen molar-refractivity contribution in [1.82, 2.24) is 10.2 Å². The van der Waals surface area contributed by atoms with Gasteiger partial charge in [-0.25, -0.2) is 0 Å². The van der Waals surface area contributed by atoms with E-state index in [0.717, 1.165) is 37.5 Å². The third kappa shape index (κ3) is 4.40. The average Bonchev–Trinajstić information content (AvgIpc) is 2.54. The van der Waals surface area contributed by atoms with Crippen molar-refractivity contribution in [1.29, 1.82) is 0 Å². The van der Waals surface area contributed by atoms with Crippen molar-refractivity contribution in [3.63, 3.8) is 0 Å². The fraction of sp³-hybridized carbons (Fsp3) is 0.556. The zero-order valence-corrected chi connectivity index (χ0v) is 14.5. The number of rotatable bonds is 5. The van der Waals surface area contributed by atoms with E-state index in [1.165, 1.54) is 18.4 Å². The van der Waals surface area contributed by atoms with Gasteiger partial charge in [0.05, 0.1) is 5.02 Å². The van der Waals surface area contributed by atoms with E-state index in [4.69, 9.17) is 21.1 Å². The summed E-state index contributed by atoms with van der Waals surface area (Å²) >= 11 is 6.29. The molecule has 1 saturated heterocycles. The Balaban J connectivity index is 1.51. The molecule has 5 heteroatoms. The molecule has 4 nitrogen and oxygen atoms in total. The minimum atomic E-state index is 0.559. The summed E-state index contributed by atoms with van der Waals surface area (Å²) < 4.78 is 11.2. The highest BCUT2D eigenvalue weighted by Crippen LogP contribution is 2.38. The maximum Gasteiger partial charge on any atom is 0.179 e. The highest BCUT2D eigenvalue weighted by molar-refractivity contribution is 6.32. The zero-order valence-electron chi connectivity index (χ0n) is 13.7. The molecule has 0 aromatic heterocycles. The second-order valence-electron chi connectivity index (χ2n) is 6.49. The Morgan fingerprint density at radius 1 is 1.30 bits per heavy atom. The number of hydrogen-bond donors (Lipinski definition) is 1. The van der Waals surface area contributed by atoms with Gasteiger partial charge < -0.3 is 14.8 Å². The lowest BCUT2D eigenvalue weighted by Crippen LogP contribution is -2.42. The molecule has 2 aliphatic rings. The van der Waals surface area contributed by atoms with Gasteiger partial charge in [0, 0.05) is 19.1 Å². The Morgan fingerprint density at radius 3 is 2.78 bits per heavy atom. The van der Waals surface area contributed by atoms with Crippen LogP contribution in [-0.4, -0.2) is 43.8 Å². The van der Waals surface area contributed by atoms with Crippen LogP contribution in [0.5, 0.6) is 11.5 Å². The van der Waals surface area contributed by atoms with E-state index >= 15 is 0 Å². The molecule has 2 aliphatic heterocycles. The van der Waals surface area contributed by atoms with Crippen LogP contribution in [0.25, 0.3) is 0 Å². The third-order valence-corrected chi connectivity index (χ3v) is 4.61. The maximum absolute atomic E-state index is 6.29. The SMILES string of the molecule is C=C(C)CN1CCC(NCc2cc(Cl)c3c(c2)OCCO3)CC1. The fourth-order valence-corrected chi connectivity index (χ4v) is 3.49. The fourth-order valence-electron chi connectivity index (χ4n) is 3.21. The summed E-state index contributed by atoms with van der Waals surface area (Å²) in [5.74, 6) is 1.44. The van der Waals surface area contributed by atoms with Crippen LogP contribution in [0.2, 0.25) is 5.02 Å². The number of likely N-dealkylation sites (tertiary alicyclic amines) is 1. The monoisotopic (exact) mass is 336 g/mol. The standard InChI is InChI=1S/C18H25ClN2O2/c1-13(2)12-21-5-3-15(4-6-21)20-11-14-9-16(19)18-17(10-14)22-7-8-23-18/h9-10,15,20H,1,3-8,11-12H2,2H3. The van der Waals surface area contributed by atoms with Crippen molar-refractivity contribution < 1.29 is 9.47 Å². The van der Waals surface area contributed by atoms with Gasteiger partial charge in [-0.05, 0) is 50.6 Å². The number of benzene rings is 1. The van der Waals surface area contributed by atoms with Crippen LogP contribution in [-0.2, 0) is 6.54 Å². The molecule has 0 unspecified atom stereocenters. The van der Waals surface area contributed by atoms with E-state index in [-0.39, 0.29) is 0 Å². The minimum Gasteiger partial charge on any atom is -0.486 e. The number of fused-ring (bicyclic) bond motifs is 1. The largest absolute Gasteiger partial charge is 0.486 e. The van der Waals surface area contributed by atoms with Crippen molar-refractivity contribution in [2.24, 2.45) is 0 Å². The molecule has 0 aliphatic carbocycles. The molecule has 1 aromatic carbocycles. The van der Waals surface area contributed by atoms with Crippen LogP contribution in [0, 0.1) is 0 Å². The average molecular weight is 337 g/mol. The molecule has 23 heavy (non-hydrogen) atoms. The van der Waals surface area contributed by atoms with Crippen LogP contribution in [0.4, 0.5) is 0 Å². The van der Waals surface area contributed by atoms with Crippen molar-refractivity contribution in [2.75, 3.05) is 32.8 Å². The van der Waals surface area contributed by atoms with E-state index in [1.807, 2.05) is 12.1 Å². The highest BCUT2D eigenvalue weighted by Gasteiger charge is 2.20. The molecule has 0 bridgehead atoms. The van der Waals surface area contributed by atoms with Crippen LogP contribution in [0.15, 0.2) is 24.3 Å². The maximum atomic E-state index is 6.29.